The van der Waals surface area contributed by atoms with Crippen molar-refractivity contribution in [1.82, 2.24) is 4.90 Å². The van der Waals surface area contributed by atoms with E-state index in [1.54, 1.807) is 34.6 Å². The third-order valence-electron chi connectivity index (χ3n) is 2.88. The Bertz CT molecular complexity index is 401. The molecule has 0 unspecified atom stereocenters. The van der Waals surface area contributed by atoms with E-state index < -0.39 is 42.0 Å². The standard InChI is InChI=1S/C14H26N2O5/c1-8(2)11(15)12(18)16(6)9(13(19)20)7-10(17)21-14(3,4)5/h8-9,11H,7,15H2,1-6H3,(H,19,20)/t9-,11-/m0/s1. The van der Waals surface area contributed by atoms with Gasteiger partial charge >= 0.3 is 11.9 Å². The average molecular weight is 302 g/mol. The lowest BCUT2D eigenvalue weighted by atomic mass is 10.0. The summed E-state index contributed by atoms with van der Waals surface area (Å²) in [6.07, 6.45) is -0.417. The van der Waals surface area contributed by atoms with E-state index in [4.69, 9.17) is 10.5 Å². The first-order valence-electron chi connectivity index (χ1n) is 6.83. The maximum absolute atomic E-state index is 12.1. The van der Waals surface area contributed by atoms with Gasteiger partial charge in [-0.2, -0.15) is 0 Å². The van der Waals surface area contributed by atoms with Gasteiger partial charge in [-0.25, -0.2) is 4.79 Å². The quantitative estimate of drug-likeness (QED) is 0.696. The molecular formula is C14H26N2O5. The number of esters is 1. The van der Waals surface area contributed by atoms with Crippen LogP contribution in [0.1, 0.15) is 41.0 Å². The van der Waals surface area contributed by atoms with E-state index in [1.807, 2.05) is 0 Å². The van der Waals surface area contributed by atoms with Gasteiger partial charge in [0.1, 0.15) is 11.6 Å². The van der Waals surface area contributed by atoms with Gasteiger partial charge in [0.15, 0.2) is 0 Å². The maximum Gasteiger partial charge on any atom is 0.327 e. The molecule has 7 nitrogen and oxygen atoms in total. The summed E-state index contributed by atoms with van der Waals surface area (Å²) in [5, 5.41) is 9.22. The fourth-order valence-electron chi connectivity index (χ4n) is 1.60. The minimum Gasteiger partial charge on any atom is -0.480 e. The number of aliphatic carboxylic acids is 1. The lowest BCUT2D eigenvalue weighted by molar-refractivity contribution is -0.162. The molecule has 0 aliphatic rings. The number of rotatable bonds is 6. The molecule has 0 aromatic rings. The van der Waals surface area contributed by atoms with Crippen LogP contribution in [0.2, 0.25) is 0 Å². The zero-order valence-corrected chi connectivity index (χ0v) is 13.5. The number of carboxylic acid groups (broad SMARTS) is 1. The number of ether oxygens (including phenoxy) is 1. The molecular weight excluding hydrogens is 276 g/mol. The number of hydrogen-bond acceptors (Lipinski definition) is 5. The molecule has 7 heteroatoms. The molecule has 2 atom stereocenters. The monoisotopic (exact) mass is 302 g/mol. The number of carbonyl (C=O) groups is 3. The second-order valence-corrected chi connectivity index (χ2v) is 6.36. The first-order valence-corrected chi connectivity index (χ1v) is 6.83. The van der Waals surface area contributed by atoms with Crippen molar-refractivity contribution in [2.45, 2.75) is 58.7 Å². The minimum absolute atomic E-state index is 0.129. The Balaban J connectivity index is 4.95. The van der Waals surface area contributed by atoms with E-state index in [-0.39, 0.29) is 5.92 Å². The van der Waals surface area contributed by atoms with E-state index >= 15 is 0 Å². The first kappa shape index (κ1) is 19.4. The van der Waals surface area contributed by atoms with Crippen molar-refractivity contribution in [3.63, 3.8) is 0 Å². The molecule has 0 aromatic carbocycles. The molecule has 1 amide bonds. The van der Waals surface area contributed by atoms with Gasteiger partial charge in [0.25, 0.3) is 0 Å². The molecule has 0 aliphatic heterocycles. The van der Waals surface area contributed by atoms with E-state index in [9.17, 15) is 19.5 Å². The summed E-state index contributed by atoms with van der Waals surface area (Å²) in [7, 11) is 1.33. The van der Waals surface area contributed by atoms with Crippen molar-refractivity contribution in [3.05, 3.63) is 0 Å². The van der Waals surface area contributed by atoms with Gasteiger partial charge in [-0.15, -0.1) is 0 Å². The van der Waals surface area contributed by atoms with Gasteiger partial charge in [-0.3, -0.25) is 9.59 Å². The zero-order valence-electron chi connectivity index (χ0n) is 13.5. The van der Waals surface area contributed by atoms with Gasteiger partial charge < -0.3 is 20.5 Å². The van der Waals surface area contributed by atoms with Crippen LogP contribution in [-0.4, -0.2) is 52.6 Å². The van der Waals surface area contributed by atoms with Gasteiger partial charge in [0.05, 0.1) is 12.5 Å². The summed E-state index contributed by atoms with van der Waals surface area (Å²) in [5.41, 5.74) is 5.02. The van der Waals surface area contributed by atoms with Crippen molar-refractivity contribution in [3.8, 4) is 0 Å². The number of nitrogens with two attached hydrogens (primary N) is 1. The normalized spacial score (nSPS) is 14.5. The molecule has 0 aromatic heterocycles. The molecule has 122 valence electrons. The third kappa shape index (κ3) is 6.57. The van der Waals surface area contributed by atoms with Gasteiger partial charge in [-0.05, 0) is 26.7 Å². The molecule has 0 spiro atoms. The molecule has 0 heterocycles. The van der Waals surface area contributed by atoms with Gasteiger partial charge in [-0.1, -0.05) is 13.8 Å². The second kappa shape index (κ2) is 7.40. The van der Waals surface area contributed by atoms with Crippen molar-refractivity contribution in [2.75, 3.05) is 7.05 Å². The molecule has 21 heavy (non-hydrogen) atoms. The van der Waals surface area contributed by atoms with Crippen LogP contribution in [0, 0.1) is 5.92 Å². The first-order chi connectivity index (χ1) is 9.36. The Morgan fingerprint density at radius 1 is 1.24 bits per heavy atom. The van der Waals surface area contributed by atoms with Crippen molar-refractivity contribution < 1.29 is 24.2 Å². The topological polar surface area (TPSA) is 110 Å². The molecule has 3 N–H and O–H groups in total. The van der Waals surface area contributed by atoms with Crippen LogP contribution >= 0.6 is 0 Å². The highest BCUT2D eigenvalue weighted by atomic mass is 16.6. The predicted molar refractivity (Wildman–Crippen MR) is 77.5 cm³/mol. The Morgan fingerprint density at radius 2 is 1.71 bits per heavy atom. The van der Waals surface area contributed by atoms with Crippen LogP contribution in [0.25, 0.3) is 0 Å². The minimum atomic E-state index is -1.29. The summed E-state index contributed by atoms with van der Waals surface area (Å²) in [4.78, 5) is 36.1. The van der Waals surface area contributed by atoms with Gasteiger partial charge in [0.2, 0.25) is 5.91 Å². The summed E-state index contributed by atoms with van der Waals surface area (Å²) in [6.45, 7) is 8.58. The SMILES string of the molecule is CC(C)[C@H](N)C(=O)N(C)[C@@H](CC(=O)OC(C)(C)C)C(=O)O. The van der Waals surface area contributed by atoms with Gasteiger partial charge in [0, 0.05) is 7.05 Å². The molecule has 0 rings (SSSR count). The van der Waals surface area contributed by atoms with E-state index in [0.29, 0.717) is 0 Å². The highest BCUT2D eigenvalue weighted by molar-refractivity contribution is 5.89. The average Bonchev–Trinajstić information content (AvgIpc) is 2.30. The number of hydrogen-bond donors (Lipinski definition) is 2. The summed E-state index contributed by atoms with van der Waals surface area (Å²) in [6, 6.07) is -2.10. The molecule has 0 aliphatic carbocycles. The maximum atomic E-state index is 12.1. The molecule has 0 saturated carbocycles. The Hall–Kier alpha value is -1.63. The molecule has 0 fully saturated rings. The Labute approximate surface area is 125 Å². The van der Waals surface area contributed by atoms with Crippen LogP contribution in [-0.2, 0) is 19.1 Å². The highest BCUT2D eigenvalue weighted by Gasteiger charge is 2.33. The number of carbonyl (C=O) groups excluding carboxylic acids is 2. The summed E-state index contributed by atoms with van der Waals surface area (Å²) >= 11 is 0. The van der Waals surface area contributed by atoms with Crippen molar-refractivity contribution in [2.24, 2.45) is 11.7 Å². The van der Waals surface area contributed by atoms with E-state index in [1.165, 1.54) is 7.05 Å². The largest absolute Gasteiger partial charge is 0.480 e. The van der Waals surface area contributed by atoms with Crippen LogP contribution in [0.3, 0.4) is 0 Å². The lowest BCUT2D eigenvalue weighted by Gasteiger charge is -2.29. The Morgan fingerprint density at radius 3 is 2.05 bits per heavy atom. The van der Waals surface area contributed by atoms with Crippen LogP contribution in [0.15, 0.2) is 0 Å². The molecule has 0 saturated heterocycles. The van der Waals surface area contributed by atoms with E-state index in [0.717, 1.165) is 4.90 Å². The summed E-state index contributed by atoms with van der Waals surface area (Å²) < 4.78 is 5.08. The Kier molecular flexibility index (Phi) is 6.82. The molecule has 0 bridgehead atoms. The third-order valence-corrected chi connectivity index (χ3v) is 2.88. The fourth-order valence-corrected chi connectivity index (χ4v) is 1.60. The number of nitrogens with zero attached hydrogens (tertiary/aromatic N) is 1. The van der Waals surface area contributed by atoms with Crippen molar-refractivity contribution >= 4 is 17.8 Å². The molecule has 0 radical (unpaired) electrons. The number of amides is 1. The summed E-state index contributed by atoms with van der Waals surface area (Å²) in [5.74, 6) is -2.59. The predicted octanol–water partition coefficient (Wildman–Crippen LogP) is 0.613. The lowest BCUT2D eigenvalue weighted by Crippen LogP contribution is -2.52. The zero-order chi connectivity index (χ0) is 17.0. The van der Waals surface area contributed by atoms with E-state index in [2.05, 4.69) is 0 Å². The number of carboxylic acids is 1. The van der Waals surface area contributed by atoms with Crippen LogP contribution in [0.5, 0.6) is 0 Å². The highest BCUT2D eigenvalue weighted by Crippen LogP contribution is 2.13. The smallest absolute Gasteiger partial charge is 0.327 e. The van der Waals surface area contributed by atoms with Crippen LogP contribution in [0.4, 0.5) is 0 Å². The van der Waals surface area contributed by atoms with Crippen LogP contribution < -0.4 is 5.73 Å². The fraction of sp³-hybridized carbons (Fsp3) is 0.786. The van der Waals surface area contributed by atoms with Crippen molar-refractivity contribution in [1.29, 1.82) is 0 Å². The second-order valence-electron chi connectivity index (χ2n) is 6.36. The number of likely N-dealkylation sites (N-methyl/N-ethyl adjacent to an activating group) is 1.